The zero-order valence-corrected chi connectivity index (χ0v) is 15.2. The Bertz CT molecular complexity index is 790. The van der Waals surface area contributed by atoms with Crippen LogP contribution in [0, 0.1) is 6.92 Å². The van der Waals surface area contributed by atoms with Crippen molar-refractivity contribution in [3.8, 4) is 0 Å². The smallest absolute Gasteiger partial charge is 0.340 e. The number of hydrogen-bond donors (Lipinski definition) is 2. The van der Waals surface area contributed by atoms with Crippen molar-refractivity contribution in [3.63, 3.8) is 0 Å². The molecule has 0 aliphatic heterocycles. The summed E-state index contributed by atoms with van der Waals surface area (Å²) in [6.45, 7) is 1.19. The molecule has 0 aliphatic rings. The third kappa shape index (κ3) is 6.23. The molecule has 0 unspecified atom stereocenters. The van der Waals surface area contributed by atoms with Gasteiger partial charge in [-0.2, -0.15) is 0 Å². The summed E-state index contributed by atoms with van der Waals surface area (Å²) >= 11 is 0. The monoisotopic (exact) mass is 370 g/mol. The molecular formula is C20H22N2O5. The fraction of sp³-hybridized carbons (Fsp3) is 0.250. The molecule has 0 heterocycles. The molecule has 142 valence electrons. The number of aliphatic hydroxyl groups excluding tert-OH is 1. The highest BCUT2D eigenvalue weighted by Crippen LogP contribution is 2.13. The molecule has 0 aliphatic carbocycles. The fourth-order valence-electron chi connectivity index (χ4n) is 2.23. The van der Waals surface area contributed by atoms with E-state index in [4.69, 9.17) is 4.74 Å². The molecule has 7 nitrogen and oxygen atoms in total. The van der Waals surface area contributed by atoms with Crippen LogP contribution in [0.2, 0.25) is 0 Å². The van der Waals surface area contributed by atoms with Gasteiger partial charge < -0.3 is 20.1 Å². The van der Waals surface area contributed by atoms with Gasteiger partial charge in [0.25, 0.3) is 5.91 Å². The molecule has 27 heavy (non-hydrogen) atoms. The molecule has 0 saturated heterocycles. The van der Waals surface area contributed by atoms with Crippen LogP contribution in [-0.2, 0) is 19.1 Å². The zero-order valence-electron chi connectivity index (χ0n) is 15.2. The van der Waals surface area contributed by atoms with Gasteiger partial charge in [0.1, 0.15) is 0 Å². The lowest BCUT2D eigenvalue weighted by atomic mass is 10.1. The third-order valence-corrected chi connectivity index (χ3v) is 3.82. The summed E-state index contributed by atoms with van der Waals surface area (Å²) in [5, 5.41) is 12.6. The van der Waals surface area contributed by atoms with E-state index in [0.717, 1.165) is 10.5 Å². The molecule has 2 aromatic carbocycles. The predicted molar refractivity (Wildman–Crippen MR) is 99.8 cm³/mol. The number of aliphatic hydroxyl groups is 1. The van der Waals surface area contributed by atoms with Crippen molar-refractivity contribution in [2.24, 2.45) is 0 Å². The van der Waals surface area contributed by atoms with E-state index < -0.39 is 24.6 Å². The molecule has 0 radical (unpaired) electrons. The fourth-order valence-corrected chi connectivity index (χ4v) is 2.23. The number of benzene rings is 2. The van der Waals surface area contributed by atoms with E-state index in [1.54, 1.807) is 42.5 Å². The second-order valence-corrected chi connectivity index (χ2v) is 6.08. The summed E-state index contributed by atoms with van der Waals surface area (Å²) in [5.41, 5.74) is 2.07. The van der Waals surface area contributed by atoms with Crippen LogP contribution >= 0.6 is 0 Å². The minimum Gasteiger partial charge on any atom is -0.453 e. The normalized spacial score (nSPS) is 11.4. The second kappa shape index (κ2) is 9.49. The number of likely N-dealkylation sites (N-methyl/N-ethyl adjacent to an activating group) is 1. The Labute approximate surface area is 157 Å². The number of carbonyl (C=O) groups excluding carboxylic acids is 3. The topological polar surface area (TPSA) is 95.9 Å². The van der Waals surface area contributed by atoms with Crippen molar-refractivity contribution in [2.75, 3.05) is 25.5 Å². The van der Waals surface area contributed by atoms with E-state index in [0.29, 0.717) is 11.3 Å². The van der Waals surface area contributed by atoms with Crippen LogP contribution in [0.3, 0.4) is 0 Å². The molecule has 7 heteroatoms. The molecule has 2 amide bonds. The van der Waals surface area contributed by atoms with Gasteiger partial charge in [0.2, 0.25) is 5.91 Å². The number of nitrogens with one attached hydrogen (secondary N) is 1. The zero-order chi connectivity index (χ0) is 19.8. The molecule has 2 rings (SSSR count). The quantitative estimate of drug-likeness (QED) is 0.723. The summed E-state index contributed by atoms with van der Waals surface area (Å²) in [6, 6.07) is 15.5. The maximum Gasteiger partial charge on any atom is 0.340 e. The summed E-state index contributed by atoms with van der Waals surface area (Å²) in [5.74, 6) is -1.85. The van der Waals surface area contributed by atoms with Gasteiger partial charge in [-0.3, -0.25) is 9.59 Å². The van der Waals surface area contributed by atoms with Gasteiger partial charge in [0, 0.05) is 12.7 Å². The average Bonchev–Trinajstić information content (AvgIpc) is 2.67. The number of anilines is 1. The van der Waals surface area contributed by atoms with Gasteiger partial charge in [-0.05, 0) is 24.6 Å². The number of carbonyl (C=O) groups is 3. The van der Waals surface area contributed by atoms with Gasteiger partial charge >= 0.3 is 5.97 Å². The summed E-state index contributed by atoms with van der Waals surface area (Å²) in [6.07, 6.45) is -1.46. The highest BCUT2D eigenvalue weighted by atomic mass is 16.5. The van der Waals surface area contributed by atoms with Crippen LogP contribution in [0.25, 0.3) is 0 Å². The molecule has 0 fully saturated rings. The van der Waals surface area contributed by atoms with Crippen LogP contribution in [0.15, 0.2) is 54.6 Å². The van der Waals surface area contributed by atoms with Gasteiger partial charge in [0.05, 0.1) is 6.54 Å². The summed E-state index contributed by atoms with van der Waals surface area (Å²) in [7, 11) is 1.43. The number of hydrogen-bond acceptors (Lipinski definition) is 5. The van der Waals surface area contributed by atoms with E-state index in [1.807, 2.05) is 19.1 Å². The Balaban J connectivity index is 1.78. The van der Waals surface area contributed by atoms with E-state index in [9.17, 15) is 19.5 Å². The van der Waals surface area contributed by atoms with Crippen molar-refractivity contribution in [3.05, 3.63) is 65.7 Å². The first-order chi connectivity index (χ1) is 12.9. The number of amides is 2. The van der Waals surface area contributed by atoms with E-state index >= 15 is 0 Å². The molecular weight excluding hydrogens is 348 g/mol. The Morgan fingerprint density at radius 2 is 1.70 bits per heavy atom. The molecule has 2 N–H and O–H groups in total. The first kappa shape index (κ1) is 20.1. The summed E-state index contributed by atoms with van der Waals surface area (Å²) in [4.78, 5) is 37.0. The van der Waals surface area contributed by atoms with Gasteiger partial charge in [-0.15, -0.1) is 0 Å². The van der Waals surface area contributed by atoms with Crippen molar-refractivity contribution in [1.82, 2.24) is 4.90 Å². The Kier molecular flexibility index (Phi) is 7.08. The molecule has 0 spiro atoms. The molecule has 0 bridgehead atoms. The third-order valence-electron chi connectivity index (χ3n) is 3.82. The average molecular weight is 370 g/mol. The maximum atomic E-state index is 12.0. The lowest BCUT2D eigenvalue weighted by Gasteiger charge is -2.17. The van der Waals surface area contributed by atoms with E-state index in [2.05, 4.69) is 5.32 Å². The second-order valence-electron chi connectivity index (χ2n) is 6.08. The number of nitrogens with zero attached hydrogens (tertiary/aromatic N) is 1. The largest absolute Gasteiger partial charge is 0.453 e. The van der Waals surface area contributed by atoms with Crippen molar-refractivity contribution in [2.45, 2.75) is 13.0 Å². The van der Waals surface area contributed by atoms with Crippen molar-refractivity contribution < 1.29 is 24.2 Å². The van der Waals surface area contributed by atoms with Gasteiger partial charge in [-0.25, -0.2) is 4.79 Å². The Morgan fingerprint density at radius 3 is 2.33 bits per heavy atom. The van der Waals surface area contributed by atoms with Crippen molar-refractivity contribution in [1.29, 1.82) is 0 Å². The van der Waals surface area contributed by atoms with Crippen LogP contribution in [-0.4, -0.2) is 48.0 Å². The lowest BCUT2D eigenvalue weighted by molar-refractivity contribution is -0.159. The van der Waals surface area contributed by atoms with E-state index in [1.165, 1.54) is 7.05 Å². The van der Waals surface area contributed by atoms with E-state index in [-0.39, 0.29) is 12.5 Å². The van der Waals surface area contributed by atoms with Crippen LogP contribution < -0.4 is 5.32 Å². The standard InChI is InChI=1S/C20H22N2O5/c1-14-8-10-16(11-9-14)21-17(23)12-22(2)18(24)13-27-20(26)19(25)15-6-4-3-5-7-15/h3-11,19,25H,12-13H2,1-2H3,(H,21,23)/t19-/m0/s1. The number of aryl methyl sites for hydroxylation is 1. The Morgan fingerprint density at radius 1 is 1.07 bits per heavy atom. The SMILES string of the molecule is Cc1ccc(NC(=O)CN(C)C(=O)COC(=O)[C@@H](O)c2ccccc2)cc1. The number of ether oxygens (including phenoxy) is 1. The molecule has 2 aromatic rings. The Hall–Kier alpha value is -3.19. The minimum absolute atomic E-state index is 0.189. The first-order valence-corrected chi connectivity index (χ1v) is 8.37. The highest BCUT2D eigenvalue weighted by Gasteiger charge is 2.21. The minimum atomic E-state index is -1.46. The number of rotatable bonds is 7. The maximum absolute atomic E-state index is 12.0. The summed E-state index contributed by atoms with van der Waals surface area (Å²) < 4.78 is 4.84. The van der Waals surface area contributed by atoms with Crippen LogP contribution in [0.5, 0.6) is 0 Å². The first-order valence-electron chi connectivity index (χ1n) is 8.37. The van der Waals surface area contributed by atoms with Crippen LogP contribution in [0.1, 0.15) is 17.2 Å². The molecule has 0 saturated carbocycles. The van der Waals surface area contributed by atoms with Crippen molar-refractivity contribution >= 4 is 23.5 Å². The van der Waals surface area contributed by atoms with Crippen LogP contribution in [0.4, 0.5) is 5.69 Å². The number of esters is 1. The van der Waals surface area contributed by atoms with Gasteiger partial charge in [-0.1, -0.05) is 48.0 Å². The highest BCUT2D eigenvalue weighted by molar-refractivity contribution is 5.94. The molecule has 1 atom stereocenters. The molecule has 0 aromatic heterocycles. The van der Waals surface area contributed by atoms with Gasteiger partial charge in [0.15, 0.2) is 12.7 Å². The lowest BCUT2D eigenvalue weighted by Crippen LogP contribution is -2.37. The predicted octanol–water partition coefficient (Wildman–Crippen LogP) is 1.67.